The average Bonchev–Trinajstić information content (AvgIpc) is 2.77. The van der Waals surface area contributed by atoms with Gasteiger partial charge in [0, 0.05) is 19.1 Å². The Morgan fingerprint density at radius 3 is 2.53 bits per heavy atom. The van der Waals surface area contributed by atoms with Crippen molar-refractivity contribution in [2.24, 2.45) is 16.7 Å². The fourth-order valence-corrected chi connectivity index (χ4v) is 6.56. The minimum Gasteiger partial charge on any atom is -0.321 e. The van der Waals surface area contributed by atoms with Crippen LogP contribution in [0.1, 0.15) is 40.0 Å². The topological polar surface area (TPSA) is 30.5 Å². The zero-order valence-electron chi connectivity index (χ0n) is 11.1. The Hall–Kier alpha value is 0.530. The molecular weight excluding hydrogens is 253 g/mol. The van der Waals surface area contributed by atoms with Gasteiger partial charge < -0.3 is 9.05 Å². The van der Waals surface area contributed by atoms with Crippen LogP contribution in [0.25, 0.3) is 0 Å². The zero-order chi connectivity index (χ0) is 12.5. The van der Waals surface area contributed by atoms with E-state index in [9.17, 15) is 0 Å². The molecule has 4 unspecified atom stereocenters. The third-order valence-electron chi connectivity index (χ3n) is 6.11. The highest BCUT2D eigenvalue weighted by Crippen LogP contribution is 2.74. The number of hydrogen-bond donors (Lipinski definition) is 1. The lowest BCUT2D eigenvalue weighted by Crippen LogP contribution is -2.49. The van der Waals surface area contributed by atoms with Gasteiger partial charge in [-0.1, -0.05) is 20.8 Å². The second-order valence-corrected chi connectivity index (χ2v) is 9.90. The van der Waals surface area contributed by atoms with E-state index in [1.807, 2.05) is 0 Å². The van der Waals surface area contributed by atoms with E-state index in [4.69, 9.17) is 20.9 Å². The Morgan fingerprint density at radius 2 is 2.12 bits per heavy atom. The highest BCUT2D eigenvalue weighted by molar-refractivity contribution is 8.09. The number of rotatable bonds is 1. The van der Waals surface area contributed by atoms with Gasteiger partial charge >= 0.3 is 0 Å². The Morgan fingerprint density at radius 1 is 1.41 bits per heavy atom. The van der Waals surface area contributed by atoms with Crippen molar-refractivity contribution in [3.8, 4) is 0 Å². The summed E-state index contributed by atoms with van der Waals surface area (Å²) in [6.07, 6.45) is 3.74. The molecular formula is C12H22NO2PS. The van der Waals surface area contributed by atoms with E-state index in [0.717, 1.165) is 18.9 Å². The van der Waals surface area contributed by atoms with Crippen LogP contribution in [0.4, 0.5) is 0 Å². The molecule has 1 spiro atoms. The molecule has 3 aliphatic rings. The van der Waals surface area contributed by atoms with Crippen LogP contribution in [0.2, 0.25) is 0 Å². The molecule has 0 aromatic rings. The molecule has 3 fully saturated rings. The summed E-state index contributed by atoms with van der Waals surface area (Å²) >= 11 is 5.47. The van der Waals surface area contributed by atoms with Gasteiger partial charge in [0.25, 0.3) is 6.64 Å². The highest BCUT2D eigenvalue weighted by atomic mass is 32.5. The van der Waals surface area contributed by atoms with Crippen LogP contribution in [0.15, 0.2) is 0 Å². The minimum absolute atomic E-state index is 0.0784. The minimum atomic E-state index is -2.21. The van der Waals surface area contributed by atoms with E-state index in [0.29, 0.717) is 5.41 Å². The normalized spacial score (nSPS) is 55.9. The van der Waals surface area contributed by atoms with Gasteiger partial charge in [-0.2, -0.15) is 0 Å². The van der Waals surface area contributed by atoms with Crippen molar-refractivity contribution < 1.29 is 9.05 Å². The molecule has 0 radical (unpaired) electrons. The molecule has 0 amide bonds. The van der Waals surface area contributed by atoms with Crippen molar-refractivity contribution in [3.05, 3.63) is 0 Å². The second-order valence-electron chi connectivity index (χ2n) is 6.59. The Kier molecular flexibility index (Phi) is 2.47. The summed E-state index contributed by atoms with van der Waals surface area (Å²) in [4.78, 5) is 0. The van der Waals surface area contributed by atoms with Crippen molar-refractivity contribution in [3.63, 3.8) is 0 Å². The highest BCUT2D eigenvalue weighted by Gasteiger charge is 2.72. The van der Waals surface area contributed by atoms with Crippen molar-refractivity contribution in [2.75, 3.05) is 13.7 Å². The van der Waals surface area contributed by atoms with Crippen molar-refractivity contribution in [2.45, 2.75) is 45.6 Å². The molecule has 1 saturated heterocycles. The van der Waals surface area contributed by atoms with Gasteiger partial charge in [0.2, 0.25) is 0 Å². The Balaban J connectivity index is 2.00. The fraction of sp³-hybridized carbons (Fsp3) is 1.00. The molecule has 1 N–H and O–H groups in total. The second kappa shape index (κ2) is 3.34. The standard InChI is InChI=1S/C12H22NO2PS/c1-10(2)9-5-6-11(10,3)12(7-9)8-13-16(17,14-4)15-12/h9H,5-8H2,1-4H3,(H,13,17). The first-order chi connectivity index (χ1) is 7.79. The lowest BCUT2D eigenvalue weighted by molar-refractivity contribution is -0.0465. The van der Waals surface area contributed by atoms with E-state index in [1.54, 1.807) is 7.11 Å². The van der Waals surface area contributed by atoms with E-state index >= 15 is 0 Å². The summed E-state index contributed by atoms with van der Waals surface area (Å²) in [5.41, 5.74) is 0.509. The Bertz CT molecular complexity index is 413. The molecule has 1 aliphatic heterocycles. The summed E-state index contributed by atoms with van der Waals surface area (Å²) < 4.78 is 11.7. The molecule has 4 atom stereocenters. The van der Waals surface area contributed by atoms with Crippen LogP contribution >= 0.6 is 6.64 Å². The molecule has 5 heteroatoms. The lowest BCUT2D eigenvalue weighted by Gasteiger charge is -2.45. The van der Waals surface area contributed by atoms with Crippen LogP contribution in [0.5, 0.6) is 0 Å². The van der Waals surface area contributed by atoms with Crippen molar-refractivity contribution in [1.29, 1.82) is 0 Å². The quantitative estimate of drug-likeness (QED) is 0.745. The first-order valence-corrected chi connectivity index (χ1v) is 9.04. The first-order valence-electron chi connectivity index (χ1n) is 6.40. The van der Waals surface area contributed by atoms with E-state index in [1.165, 1.54) is 12.8 Å². The van der Waals surface area contributed by atoms with Crippen LogP contribution in [-0.2, 0) is 20.9 Å². The maximum atomic E-state index is 6.31. The predicted octanol–water partition coefficient (Wildman–Crippen LogP) is 3.06. The molecule has 0 aromatic carbocycles. The summed E-state index contributed by atoms with van der Waals surface area (Å²) in [5, 5.41) is 3.34. The Labute approximate surface area is 109 Å². The van der Waals surface area contributed by atoms with E-state index in [-0.39, 0.29) is 11.0 Å². The molecule has 17 heavy (non-hydrogen) atoms. The van der Waals surface area contributed by atoms with Gasteiger partial charge in [-0.05, 0) is 42.4 Å². The van der Waals surface area contributed by atoms with Gasteiger partial charge in [-0.25, -0.2) is 5.09 Å². The van der Waals surface area contributed by atoms with Gasteiger partial charge in [0.05, 0.1) is 5.60 Å². The van der Waals surface area contributed by atoms with Gasteiger partial charge in [0.15, 0.2) is 0 Å². The zero-order valence-corrected chi connectivity index (χ0v) is 12.8. The summed E-state index contributed by atoms with van der Waals surface area (Å²) in [7, 11) is 1.66. The van der Waals surface area contributed by atoms with Gasteiger partial charge in [-0.15, -0.1) is 0 Å². The molecule has 98 valence electrons. The lowest BCUT2D eigenvalue weighted by atomic mass is 9.64. The molecule has 3 rings (SSSR count). The summed E-state index contributed by atoms with van der Waals surface area (Å²) in [6.45, 7) is 5.85. The van der Waals surface area contributed by atoms with Gasteiger partial charge in [-0.3, -0.25) is 0 Å². The summed E-state index contributed by atoms with van der Waals surface area (Å²) in [6, 6.07) is 0. The van der Waals surface area contributed by atoms with Crippen molar-refractivity contribution >= 4 is 18.4 Å². The SMILES string of the molecule is COP1(=S)NCC2(CC3CCC2(C)C3(C)C)O1. The molecule has 0 aromatic heterocycles. The van der Waals surface area contributed by atoms with E-state index in [2.05, 4.69) is 25.9 Å². The molecule has 2 saturated carbocycles. The molecule has 2 bridgehead atoms. The van der Waals surface area contributed by atoms with Crippen molar-refractivity contribution in [1.82, 2.24) is 5.09 Å². The molecule has 3 nitrogen and oxygen atoms in total. The van der Waals surface area contributed by atoms with Crippen LogP contribution in [-0.4, -0.2) is 19.3 Å². The van der Waals surface area contributed by atoms with E-state index < -0.39 is 6.64 Å². The van der Waals surface area contributed by atoms with Crippen LogP contribution < -0.4 is 5.09 Å². The number of hydrogen-bond acceptors (Lipinski definition) is 3. The summed E-state index contributed by atoms with van der Waals surface area (Å²) in [5.74, 6) is 0.771. The third-order valence-corrected chi connectivity index (χ3v) is 8.78. The maximum absolute atomic E-state index is 6.31. The first kappa shape index (κ1) is 12.6. The number of fused-ring (bicyclic) bond motifs is 3. The maximum Gasteiger partial charge on any atom is 0.261 e. The molecule has 2 aliphatic carbocycles. The largest absolute Gasteiger partial charge is 0.321 e. The molecule has 1 heterocycles. The number of nitrogens with one attached hydrogen (secondary N) is 1. The average molecular weight is 275 g/mol. The van der Waals surface area contributed by atoms with Gasteiger partial charge in [0.1, 0.15) is 0 Å². The van der Waals surface area contributed by atoms with Crippen LogP contribution in [0, 0.1) is 16.7 Å². The monoisotopic (exact) mass is 275 g/mol. The smallest absolute Gasteiger partial charge is 0.261 e. The fourth-order valence-electron chi connectivity index (χ4n) is 4.42. The third kappa shape index (κ3) is 1.31. The van der Waals surface area contributed by atoms with Crippen LogP contribution in [0.3, 0.4) is 0 Å². The predicted molar refractivity (Wildman–Crippen MR) is 72.3 cm³/mol.